The second kappa shape index (κ2) is 23.7. The summed E-state index contributed by atoms with van der Waals surface area (Å²) in [5.74, 6) is 0. The molecule has 0 heterocycles. The highest BCUT2D eigenvalue weighted by atomic mass is 14.0. The van der Waals surface area contributed by atoms with Gasteiger partial charge in [-0.2, -0.15) is 0 Å². The van der Waals surface area contributed by atoms with E-state index in [0.29, 0.717) is 0 Å². The molecule has 2 nitrogen and oxygen atoms in total. The maximum atomic E-state index is 2.49. The Hall–Kier alpha value is -0.600. The molecule has 6 N–H and O–H groups in total. The van der Waals surface area contributed by atoms with E-state index in [9.17, 15) is 0 Å². The van der Waals surface area contributed by atoms with Crippen LogP contribution < -0.4 is 12.3 Å². The van der Waals surface area contributed by atoms with Gasteiger partial charge in [0.15, 0.2) is 0 Å². The molecule has 0 aromatic carbocycles. The Bertz CT molecular complexity index is 257. The third-order valence-corrected chi connectivity index (χ3v) is 4.16. The Morgan fingerprint density at radius 3 is 1.65 bits per heavy atom. The minimum atomic E-state index is 0. The predicted octanol–water partition coefficient (Wildman–Crippen LogP) is 8.31. The highest BCUT2D eigenvalue weighted by molar-refractivity contribution is 5.17. The first-order valence-corrected chi connectivity index (χ1v) is 9.66. The third kappa shape index (κ3) is 21.4. The molecule has 0 bridgehead atoms. The monoisotopic (exact) mass is 326 g/mol. The van der Waals surface area contributed by atoms with Crippen molar-refractivity contribution in [1.29, 1.82) is 0 Å². The minimum absolute atomic E-state index is 0. The molecule has 0 rings (SSSR count). The van der Waals surface area contributed by atoms with E-state index in [2.05, 4.69) is 39.0 Å². The van der Waals surface area contributed by atoms with Crippen molar-refractivity contribution < 1.29 is 0 Å². The maximum absolute atomic E-state index is 2.49. The summed E-state index contributed by atoms with van der Waals surface area (Å²) in [7, 11) is 0. The molecule has 0 amide bonds. The van der Waals surface area contributed by atoms with E-state index in [0.717, 1.165) is 0 Å². The van der Waals surface area contributed by atoms with E-state index in [4.69, 9.17) is 0 Å². The van der Waals surface area contributed by atoms with Crippen LogP contribution in [0.1, 0.15) is 111 Å². The van der Waals surface area contributed by atoms with Crippen LogP contribution in [0.25, 0.3) is 0 Å². The first kappa shape index (κ1) is 27.3. The molecule has 0 saturated carbocycles. The van der Waals surface area contributed by atoms with Crippen molar-refractivity contribution in [1.82, 2.24) is 12.3 Å². The van der Waals surface area contributed by atoms with Gasteiger partial charge >= 0.3 is 0 Å². The molecular formula is C21H46N2. The molecule has 2 heteroatoms. The van der Waals surface area contributed by atoms with Crippen LogP contribution in [0.4, 0.5) is 0 Å². The topological polar surface area (TPSA) is 70.0 Å². The molecule has 0 radical (unpaired) electrons. The van der Waals surface area contributed by atoms with Crippen molar-refractivity contribution in [3.8, 4) is 0 Å². The van der Waals surface area contributed by atoms with Gasteiger partial charge in [0.05, 0.1) is 0 Å². The average Bonchev–Trinajstić information content (AvgIpc) is 2.49. The molecule has 0 aromatic rings. The van der Waals surface area contributed by atoms with Crippen molar-refractivity contribution >= 4 is 0 Å². The summed E-state index contributed by atoms with van der Waals surface area (Å²) < 4.78 is 0. The predicted molar refractivity (Wildman–Crippen MR) is 109 cm³/mol. The van der Waals surface area contributed by atoms with Crippen molar-refractivity contribution in [3.05, 3.63) is 23.8 Å². The lowest BCUT2D eigenvalue weighted by atomic mass is 10.0. The summed E-state index contributed by atoms with van der Waals surface area (Å²) >= 11 is 0. The molecule has 0 unspecified atom stereocenters. The van der Waals surface area contributed by atoms with E-state index >= 15 is 0 Å². The van der Waals surface area contributed by atoms with Crippen LogP contribution in [0.3, 0.4) is 0 Å². The maximum Gasteiger partial charge on any atom is -0.0282 e. The lowest BCUT2D eigenvalue weighted by molar-refractivity contribution is 0.603. The summed E-state index contributed by atoms with van der Waals surface area (Å²) in [4.78, 5) is 0. The Morgan fingerprint density at radius 2 is 1.13 bits per heavy atom. The van der Waals surface area contributed by atoms with Gasteiger partial charge in [-0.1, -0.05) is 102 Å². The zero-order chi connectivity index (χ0) is 15.6. The van der Waals surface area contributed by atoms with E-state index in [-0.39, 0.29) is 12.3 Å². The van der Waals surface area contributed by atoms with E-state index in [1.165, 1.54) is 89.9 Å². The summed E-state index contributed by atoms with van der Waals surface area (Å²) in [6.45, 7) is 6.71. The van der Waals surface area contributed by atoms with Crippen molar-refractivity contribution in [2.24, 2.45) is 0 Å². The second-order valence-corrected chi connectivity index (χ2v) is 6.35. The van der Waals surface area contributed by atoms with Crippen LogP contribution in [0.2, 0.25) is 0 Å². The highest BCUT2D eigenvalue weighted by Gasteiger charge is 1.95. The summed E-state index contributed by atoms with van der Waals surface area (Å²) in [5, 5.41) is 0. The zero-order valence-electron chi connectivity index (χ0n) is 16.5. The standard InChI is InChI=1S/C21H40.2H3N/c1-4-7-9-11-13-15-17-20-21(18-6-3)19-16-14-12-10-8-5-2;;/h6,18,20H,4-5,7-17,19H2,1-3H3;2*1H3/b18-6+,21-20-;;. The van der Waals surface area contributed by atoms with Crippen LogP contribution >= 0.6 is 0 Å². The van der Waals surface area contributed by atoms with Crippen LogP contribution in [-0.4, -0.2) is 0 Å². The smallest absolute Gasteiger partial charge is 0.0282 e. The number of hydrogen-bond acceptors (Lipinski definition) is 2. The van der Waals surface area contributed by atoms with E-state index in [1.807, 2.05) is 0 Å². The van der Waals surface area contributed by atoms with Gasteiger partial charge in [-0.25, -0.2) is 0 Å². The molecule has 0 aliphatic rings. The molecular weight excluding hydrogens is 280 g/mol. The van der Waals surface area contributed by atoms with Gasteiger partial charge in [-0.05, 0) is 32.6 Å². The van der Waals surface area contributed by atoms with Gasteiger partial charge in [-0.3, -0.25) is 0 Å². The van der Waals surface area contributed by atoms with Crippen LogP contribution in [0.15, 0.2) is 23.8 Å². The molecule has 23 heavy (non-hydrogen) atoms. The second-order valence-electron chi connectivity index (χ2n) is 6.35. The van der Waals surface area contributed by atoms with Crippen LogP contribution in [0, 0.1) is 0 Å². The fraction of sp³-hybridized carbons (Fsp3) is 0.810. The molecule has 0 saturated heterocycles. The zero-order valence-corrected chi connectivity index (χ0v) is 16.5. The highest BCUT2D eigenvalue weighted by Crippen LogP contribution is 2.15. The number of rotatable bonds is 15. The Labute approximate surface area is 147 Å². The van der Waals surface area contributed by atoms with E-state index < -0.39 is 0 Å². The number of unbranched alkanes of at least 4 members (excludes halogenated alkanes) is 11. The fourth-order valence-corrected chi connectivity index (χ4v) is 2.79. The fourth-order valence-electron chi connectivity index (χ4n) is 2.79. The van der Waals surface area contributed by atoms with E-state index in [1.54, 1.807) is 5.57 Å². The number of hydrogen-bond donors (Lipinski definition) is 2. The lowest BCUT2D eigenvalue weighted by Gasteiger charge is -2.04. The Morgan fingerprint density at radius 1 is 0.652 bits per heavy atom. The van der Waals surface area contributed by atoms with Gasteiger partial charge in [0.1, 0.15) is 0 Å². The van der Waals surface area contributed by atoms with Crippen LogP contribution in [-0.2, 0) is 0 Å². The average molecular weight is 327 g/mol. The quantitative estimate of drug-likeness (QED) is 0.234. The van der Waals surface area contributed by atoms with Crippen LogP contribution in [0.5, 0.6) is 0 Å². The molecule has 0 spiro atoms. The molecule has 0 fully saturated rings. The molecule has 0 aliphatic carbocycles. The van der Waals surface area contributed by atoms with Gasteiger partial charge in [-0.15, -0.1) is 0 Å². The SMILES string of the molecule is C/C=C/C(=C/CCCCCCCC)CCCCCCCC.N.N. The molecule has 0 aromatic heterocycles. The summed E-state index contributed by atoms with van der Waals surface area (Å²) in [6, 6.07) is 0. The largest absolute Gasteiger partial charge is 0.344 e. The molecule has 0 atom stereocenters. The third-order valence-electron chi connectivity index (χ3n) is 4.16. The van der Waals surface area contributed by atoms with Crippen molar-refractivity contribution in [2.45, 2.75) is 111 Å². The number of allylic oxidation sites excluding steroid dienone is 4. The Balaban J connectivity index is -0.00000200. The van der Waals surface area contributed by atoms with Crippen molar-refractivity contribution in [3.63, 3.8) is 0 Å². The Kier molecular flexibility index (Phi) is 28.0. The van der Waals surface area contributed by atoms with Crippen molar-refractivity contribution in [2.75, 3.05) is 0 Å². The minimum Gasteiger partial charge on any atom is -0.344 e. The summed E-state index contributed by atoms with van der Waals surface area (Å²) in [6.07, 6.45) is 26.4. The van der Waals surface area contributed by atoms with Gasteiger partial charge in [0.2, 0.25) is 0 Å². The first-order chi connectivity index (χ1) is 10.3. The summed E-state index contributed by atoms with van der Waals surface area (Å²) in [5.41, 5.74) is 1.57. The van der Waals surface area contributed by atoms with Gasteiger partial charge in [0.25, 0.3) is 0 Å². The lowest BCUT2D eigenvalue weighted by Crippen LogP contribution is -1.84. The van der Waals surface area contributed by atoms with Gasteiger partial charge < -0.3 is 12.3 Å². The van der Waals surface area contributed by atoms with Gasteiger partial charge in [0, 0.05) is 0 Å². The molecule has 140 valence electrons. The first-order valence-electron chi connectivity index (χ1n) is 9.66. The normalized spacial score (nSPS) is 11.3. The molecule has 0 aliphatic heterocycles.